The van der Waals surface area contributed by atoms with Gasteiger partial charge in [0, 0.05) is 26.2 Å². The van der Waals surface area contributed by atoms with Gasteiger partial charge in [0.2, 0.25) is 0 Å². The first-order valence-electron chi connectivity index (χ1n) is 0.724. The Morgan fingerprint density at radius 1 is 1.75 bits per heavy atom. The van der Waals surface area contributed by atoms with Crippen molar-refractivity contribution in [2.24, 2.45) is 0 Å². The van der Waals surface area contributed by atoms with Crippen LogP contribution in [0.25, 0.3) is 0 Å². The second kappa shape index (κ2) is 9.06. The minimum Gasteiger partial charge on any atom is -0.377 e. The predicted octanol–water partition coefficient (Wildman–Crippen LogP) is -0.179. The molecule has 0 heterocycles. The molecule has 1 unspecified atom stereocenters. The molecule has 0 fully saturated rings. The van der Waals surface area contributed by atoms with Crippen molar-refractivity contribution < 1.29 is 4.89 Å². The van der Waals surface area contributed by atoms with Gasteiger partial charge in [-0.25, -0.2) is 0 Å². The molecule has 0 amide bonds. The maximum absolute atomic E-state index is 7.60. The van der Waals surface area contributed by atoms with Crippen LogP contribution >= 0.6 is 8.81 Å². The largest absolute Gasteiger partial charge is 0.377 e. The molecule has 0 aromatic rings. The van der Waals surface area contributed by atoms with Gasteiger partial charge in [-0.05, 0) is 6.66 Å². The van der Waals surface area contributed by atoms with Crippen LogP contribution in [-0.2, 0) is 0 Å². The summed E-state index contributed by atoms with van der Waals surface area (Å²) in [6.45, 7) is 1.71. The van der Waals surface area contributed by atoms with Gasteiger partial charge >= 0.3 is 0 Å². The summed E-state index contributed by atoms with van der Waals surface area (Å²) < 4.78 is 0. The summed E-state index contributed by atoms with van der Waals surface area (Å²) >= 11 is 0. The first-order valence-corrected chi connectivity index (χ1v) is 2.17. The highest BCUT2D eigenvalue weighted by Gasteiger charge is 1.33. The van der Waals surface area contributed by atoms with Gasteiger partial charge in [0.1, 0.15) is 0 Å². The molecule has 0 aliphatic rings. The van der Waals surface area contributed by atoms with Crippen LogP contribution in [0.1, 0.15) is 0 Å². The van der Waals surface area contributed by atoms with Crippen LogP contribution in [0.5, 0.6) is 0 Å². The topological polar surface area (TPSA) is 20.2 Å². The SMILES string of the molecule is CPO.[Al]. The van der Waals surface area contributed by atoms with Crippen LogP contribution in [0.4, 0.5) is 0 Å². The molecule has 1 atom stereocenters. The summed E-state index contributed by atoms with van der Waals surface area (Å²) in [7, 11) is 0.0833. The molecule has 0 spiro atoms. The Balaban J connectivity index is 0. The summed E-state index contributed by atoms with van der Waals surface area (Å²) in [5.41, 5.74) is 0. The average Bonchev–Trinajstić information content (AvgIpc) is 0.918. The Bertz CT molecular complexity index is 8.00. The van der Waals surface area contributed by atoms with E-state index in [9.17, 15) is 0 Å². The molecule has 0 bridgehead atoms. The molecular formula is CH5AlOP. The summed E-state index contributed by atoms with van der Waals surface area (Å²) in [5, 5.41) is 0. The van der Waals surface area contributed by atoms with Gasteiger partial charge < -0.3 is 4.89 Å². The van der Waals surface area contributed by atoms with Crippen molar-refractivity contribution in [2.75, 3.05) is 6.66 Å². The van der Waals surface area contributed by atoms with Crippen molar-refractivity contribution in [2.45, 2.75) is 0 Å². The highest BCUT2D eigenvalue weighted by atomic mass is 31.1. The fraction of sp³-hybridized carbons (Fsp3) is 1.00. The van der Waals surface area contributed by atoms with E-state index in [1.165, 1.54) is 0 Å². The molecule has 4 heavy (non-hydrogen) atoms. The molecule has 0 rings (SSSR count). The van der Waals surface area contributed by atoms with Gasteiger partial charge in [-0.1, -0.05) is 0 Å². The minimum absolute atomic E-state index is 0. The van der Waals surface area contributed by atoms with Gasteiger partial charge in [0.25, 0.3) is 0 Å². The minimum atomic E-state index is 0. The number of hydrogen-bond donors (Lipinski definition) is 1. The van der Waals surface area contributed by atoms with Gasteiger partial charge in [-0.2, -0.15) is 0 Å². The van der Waals surface area contributed by atoms with Crippen molar-refractivity contribution in [3.63, 3.8) is 0 Å². The molecule has 0 aliphatic carbocycles. The monoisotopic (exact) mass is 91.0 g/mol. The Labute approximate surface area is 38.4 Å². The molecule has 0 saturated heterocycles. The van der Waals surface area contributed by atoms with Crippen molar-refractivity contribution in [1.29, 1.82) is 0 Å². The van der Waals surface area contributed by atoms with E-state index in [0.29, 0.717) is 0 Å². The smallest absolute Gasteiger partial charge is 0.00749 e. The lowest BCUT2D eigenvalue weighted by Gasteiger charge is -1.53. The highest BCUT2D eigenvalue weighted by molar-refractivity contribution is 7.29. The molecular weight excluding hydrogens is 86.0 g/mol. The normalized spacial score (nSPS) is 7.50. The van der Waals surface area contributed by atoms with E-state index in [1.807, 2.05) is 0 Å². The molecule has 1 nitrogen and oxygen atoms in total. The second-order valence-electron chi connectivity index (χ2n) is 0.224. The lowest BCUT2D eigenvalue weighted by molar-refractivity contribution is 0.651. The van der Waals surface area contributed by atoms with Crippen LogP contribution in [0.15, 0.2) is 0 Å². The van der Waals surface area contributed by atoms with Gasteiger partial charge in [0.05, 0.1) is 0 Å². The fourth-order valence-corrected chi connectivity index (χ4v) is 0. The Hall–Kier alpha value is 0.922. The molecule has 0 aromatic carbocycles. The molecule has 1 N–H and O–H groups in total. The molecule has 3 heteroatoms. The fourth-order valence-electron chi connectivity index (χ4n) is 0. The van der Waals surface area contributed by atoms with Crippen LogP contribution in [0.2, 0.25) is 0 Å². The van der Waals surface area contributed by atoms with E-state index in [-0.39, 0.29) is 26.2 Å². The van der Waals surface area contributed by atoms with E-state index in [4.69, 9.17) is 4.89 Å². The van der Waals surface area contributed by atoms with E-state index >= 15 is 0 Å². The lowest BCUT2D eigenvalue weighted by atomic mass is 12.0. The molecule has 0 saturated carbocycles. The lowest BCUT2D eigenvalue weighted by Crippen LogP contribution is -1.21. The Morgan fingerprint density at radius 3 is 1.75 bits per heavy atom. The summed E-state index contributed by atoms with van der Waals surface area (Å²) in [6.07, 6.45) is 0. The zero-order valence-electron chi connectivity index (χ0n) is 2.52. The van der Waals surface area contributed by atoms with Crippen LogP contribution in [0, 0.1) is 0 Å². The van der Waals surface area contributed by atoms with E-state index in [1.54, 1.807) is 6.66 Å². The summed E-state index contributed by atoms with van der Waals surface area (Å²) in [4.78, 5) is 7.60. The standard InChI is InChI=1S/CH5OP.Al/c1-3-2;/h2-3H,1H3;. The first-order chi connectivity index (χ1) is 1.41. The maximum atomic E-state index is 7.60. The molecule has 0 aliphatic heterocycles. The average molecular weight is 91.0 g/mol. The van der Waals surface area contributed by atoms with E-state index in [2.05, 4.69) is 0 Å². The highest BCUT2D eigenvalue weighted by Crippen LogP contribution is 1.83. The summed E-state index contributed by atoms with van der Waals surface area (Å²) in [6, 6.07) is 0. The predicted molar refractivity (Wildman–Crippen MR) is 22.2 cm³/mol. The van der Waals surface area contributed by atoms with Crippen LogP contribution in [-0.4, -0.2) is 28.9 Å². The molecule has 23 valence electrons. The van der Waals surface area contributed by atoms with Gasteiger partial charge in [-0.3, -0.25) is 0 Å². The number of hydrogen-bond acceptors (Lipinski definition) is 1. The quantitative estimate of drug-likeness (QED) is 0.324. The molecule has 3 radical (unpaired) electrons. The molecule has 0 aromatic heterocycles. The van der Waals surface area contributed by atoms with Crippen LogP contribution in [0.3, 0.4) is 0 Å². The third-order valence-electron chi connectivity index (χ3n) is 0. The Morgan fingerprint density at radius 2 is 1.75 bits per heavy atom. The van der Waals surface area contributed by atoms with Crippen molar-refractivity contribution in [3.05, 3.63) is 0 Å². The Kier molecular flexibility index (Phi) is 20.1. The zero-order valence-corrected chi connectivity index (χ0v) is 4.68. The first kappa shape index (κ1) is 8.87. The van der Waals surface area contributed by atoms with E-state index in [0.717, 1.165) is 0 Å². The third kappa shape index (κ3) is 12.7. The van der Waals surface area contributed by atoms with Crippen molar-refractivity contribution >= 4 is 26.2 Å². The van der Waals surface area contributed by atoms with Crippen LogP contribution < -0.4 is 0 Å². The maximum Gasteiger partial charge on any atom is 0.00749 e. The van der Waals surface area contributed by atoms with Gasteiger partial charge in [0.15, 0.2) is 0 Å². The van der Waals surface area contributed by atoms with Gasteiger partial charge in [-0.15, -0.1) is 0 Å². The van der Waals surface area contributed by atoms with Crippen molar-refractivity contribution in [3.8, 4) is 0 Å². The van der Waals surface area contributed by atoms with E-state index < -0.39 is 0 Å². The third-order valence-corrected chi connectivity index (χ3v) is 0. The zero-order chi connectivity index (χ0) is 2.71. The number of rotatable bonds is 0. The van der Waals surface area contributed by atoms with Crippen molar-refractivity contribution in [1.82, 2.24) is 0 Å². The summed E-state index contributed by atoms with van der Waals surface area (Å²) in [5.74, 6) is 0. The second-order valence-corrected chi connectivity index (χ2v) is 0.671.